The summed E-state index contributed by atoms with van der Waals surface area (Å²) in [6, 6.07) is 7.18. The molecule has 2 nitrogen and oxygen atoms in total. The Hall–Kier alpha value is -1.35. The molecule has 1 unspecified atom stereocenters. The van der Waals surface area contributed by atoms with E-state index in [1.165, 1.54) is 44.6 Å². The molecule has 1 aromatic heterocycles. The van der Waals surface area contributed by atoms with E-state index in [9.17, 15) is 4.39 Å². The maximum absolute atomic E-state index is 13.7. The Bertz CT molecular complexity index is 549. The van der Waals surface area contributed by atoms with Crippen LogP contribution in [0.15, 0.2) is 28.7 Å². The molecule has 3 heteroatoms. The number of hydrogen-bond donors (Lipinski definition) is 1. The molecule has 0 saturated heterocycles. The van der Waals surface area contributed by atoms with Gasteiger partial charge in [0.1, 0.15) is 5.76 Å². The first kappa shape index (κ1) is 16.0. The summed E-state index contributed by atoms with van der Waals surface area (Å²) in [5.74, 6) is 0.555. The second-order valence-corrected chi connectivity index (χ2v) is 5.70. The Morgan fingerprint density at radius 1 is 1.14 bits per heavy atom. The van der Waals surface area contributed by atoms with E-state index in [0.717, 1.165) is 17.6 Å². The smallest absolute Gasteiger partial charge is 0.169 e. The Labute approximate surface area is 126 Å². The standard InChI is InChI=1S/C18H26FNO/c1-3-4-5-6-7-8-12-16(20-2)17-13-14-10-9-11-15(19)18(14)21-17/h9-11,13,16,20H,3-8,12H2,1-2H3. The minimum atomic E-state index is -0.284. The molecule has 0 aliphatic carbocycles. The topological polar surface area (TPSA) is 25.2 Å². The van der Waals surface area contributed by atoms with Gasteiger partial charge in [-0.05, 0) is 25.6 Å². The zero-order valence-corrected chi connectivity index (χ0v) is 13.1. The van der Waals surface area contributed by atoms with Crippen LogP contribution < -0.4 is 5.32 Å². The normalized spacial score (nSPS) is 12.9. The first-order chi connectivity index (χ1) is 10.3. The third-order valence-corrected chi connectivity index (χ3v) is 4.05. The Morgan fingerprint density at radius 3 is 2.62 bits per heavy atom. The van der Waals surface area contributed by atoms with Crippen LogP contribution in [-0.4, -0.2) is 7.05 Å². The van der Waals surface area contributed by atoms with Crippen LogP contribution in [-0.2, 0) is 0 Å². The first-order valence-electron chi connectivity index (χ1n) is 8.11. The van der Waals surface area contributed by atoms with Gasteiger partial charge in [-0.2, -0.15) is 0 Å². The van der Waals surface area contributed by atoms with Gasteiger partial charge in [0.25, 0.3) is 0 Å². The van der Waals surface area contributed by atoms with Gasteiger partial charge in [0, 0.05) is 5.39 Å². The second kappa shape index (κ2) is 8.18. The highest BCUT2D eigenvalue weighted by molar-refractivity contribution is 5.78. The van der Waals surface area contributed by atoms with Crippen molar-refractivity contribution in [1.82, 2.24) is 5.32 Å². The quantitative estimate of drug-likeness (QED) is 0.610. The molecule has 0 spiro atoms. The molecule has 1 heterocycles. The van der Waals surface area contributed by atoms with Gasteiger partial charge in [-0.1, -0.05) is 57.6 Å². The van der Waals surface area contributed by atoms with E-state index in [2.05, 4.69) is 12.2 Å². The molecule has 0 aliphatic rings. The summed E-state index contributed by atoms with van der Waals surface area (Å²) >= 11 is 0. The van der Waals surface area contributed by atoms with Gasteiger partial charge in [-0.15, -0.1) is 0 Å². The Kier molecular flexibility index (Phi) is 6.24. The van der Waals surface area contributed by atoms with E-state index in [4.69, 9.17) is 4.42 Å². The van der Waals surface area contributed by atoms with Crippen LogP contribution in [0.25, 0.3) is 11.0 Å². The predicted octanol–water partition coefficient (Wildman–Crippen LogP) is 5.58. The van der Waals surface area contributed by atoms with Gasteiger partial charge in [-0.3, -0.25) is 0 Å². The van der Waals surface area contributed by atoms with Crippen molar-refractivity contribution in [2.75, 3.05) is 7.05 Å². The summed E-state index contributed by atoms with van der Waals surface area (Å²) in [4.78, 5) is 0. The van der Waals surface area contributed by atoms with Crippen molar-refractivity contribution in [2.45, 2.75) is 57.9 Å². The van der Waals surface area contributed by atoms with Crippen molar-refractivity contribution in [3.63, 3.8) is 0 Å². The molecule has 21 heavy (non-hydrogen) atoms. The molecule has 116 valence electrons. The highest BCUT2D eigenvalue weighted by Gasteiger charge is 2.15. The molecule has 0 amide bonds. The minimum Gasteiger partial charge on any atom is -0.456 e. The fourth-order valence-corrected chi connectivity index (χ4v) is 2.78. The summed E-state index contributed by atoms with van der Waals surface area (Å²) in [5, 5.41) is 4.13. The lowest BCUT2D eigenvalue weighted by molar-refractivity contribution is 0.411. The third kappa shape index (κ3) is 4.31. The van der Waals surface area contributed by atoms with Crippen molar-refractivity contribution in [3.05, 3.63) is 35.8 Å². The molecule has 1 N–H and O–H groups in total. The minimum absolute atomic E-state index is 0.169. The molecule has 1 aromatic carbocycles. The fraction of sp³-hybridized carbons (Fsp3) is 0.556. The number of rotatable bonds is 9. The van der Waals surface area contributed by atoms with Crippen LogP contribution in [0.3, 0.4) is 0 Å². The van der Waals surface area contributed by atoms with Crippen LogP contribution in [0.5, 0.6) is 0 Å². The number of furan rings is 1. The van der Waals surface area contributed by atoms with E-state index in [1.807, 2.05) is 19.2 Å². The number of nitrogens with one attached hydrogen (secondary N) is 1. The zero-order valence-electron chi connectivity index (χ0n) is 13.1. The molecule has 0 aliphatic heterocycles. The fourth-order valence-electron chi connectivity index (χ4n) is 2.78. The van der Waals surface area contributed by atoms with Crippen molar-refractivity contribution in [1.29, 1.82) is 0 Å². The van der Waals surface area contributed by atoms with Crippen LogP contribution in [0.4, 0.5) is 4.39 Å². The maximum Gasteiger partial charge on any atom is 0.169 e. The average Bonchev–Trinajstić information content (AvgIpc) is 2.92. The summed E-state index contributed by atoms with van der Waals surface area (Å²) in [5.41, 5.74) is 0.371. The predicted molar refractivity (Wildman–Crippen MR) is 86.0 cm³/mol. The number of para-hydroxylation sites is 1. The van der Waals surface area contributed by atoms with E-state index in [-0.39, 0.29) is 11.9 Å². The molecule has 1 atom stereocenters. The molecular weight excluding hydrogens is 265 g/mol. The van der Waals surface area contributed by atoms with Crippen LogP contribution in [0.1, 0.15) is 63.7 Å². The third-order valence-electron chi connectivity index (χ3n) is 4.05. The van der Waals surface area contributed by atoms with Crippen molar-refractivity contribution in [2.24, 2.45) is 0 Å². The molecule has 0 saturated carbocycles. The van der Waals surface area contributed by atoms with Crippen LogP contribution >= 0.6 is 0 Å². The molecule has 0 radical (unpaired) electrons. The number of fused-ring (bicyclic) bond motifs is 1. The lowest BCUT2D eigenvalue weighted by atomic mass is 10.0. The molecule has 0 fully saturated rings. The molecular formula is C18H26FNO. The lowest BCUT2D eigenvalue weighted by Gasteiger charge is -2.13. The lowest BCUT2D eigenvalue weighted by Crippen LogP contribution is -2.15. The monoisotopic (exact) mass is 291 g/mol. The summed E-state index contributed by atoms with van der Waals surface area (Å²) < 4.78 is 19.4. The van der Waals surface area contributed by atoms with Gasteiger partial charge in [0.05, 0.1) is 6.04 Å². The number of hydrogen-bond acceptors (Lipinski definition) is 2. The van der Waals surface area contributed by atoms with Crippen LogP contribution in [0, 0.1) is 5.82 Å². The number of benzene rings is 1. The van der Waals surface area contributed by atoms with E-state index in [0.29, 0.717) is 5.58 Å². The summed E-state index contributed by atoms with van der Waals surface area (Å²) in [6.07, 6.45) is 8.71. The zero-order chi connectivity index (χ0) is 15.1. The number of halogens is 1. The van der Waals surface area contributed by atoms with Gasteiger partial charge >= 0.3 is 0 Å². The first-order valence-corrected chi connectivity index (χ1v) is 8.11. The van der Waals surface area contributed by atoms with Crippen molar-refractivity contribution < 1.29 is 8.81 Å². The van der Waals surface area contributed by atoms with Gasteiger partial charge < -0.3 is 9.73 Å². The van der Waals surface area contributed by atoms with E-state index in [1.54, 1.807) is 6.07 Å². The maximum atomic E-state index is 13.7. The molecule has 2 rings (SSSR count). The van der Waals surface area contributed by atoms with Gasteiger partial charge in [0.2, 0.25) is 0 Å². The SMILES string of the molecule is CCCCCCCCC(NC)c1cc2cccc(F)c2o1. The number of unbranched alkanes of at least 4 members (excludes halogenated alkanes) is 5. The summed E-state index contributed by atoms with van der Waals surface area (Å²) in [6.45, 7) is 2.23. The van der Waals surface area contributed by atoms with Crippen molar-refractivity contribution >= 4 is 11.0 Å². The average molecular weight is 291 g/mol. The van der Waals surface area contributed by atoms with Gasteiger partial charge in [-0.25, -0.2) is 4.39 Å². The van der Waals surface area contributed by atoms with E-state index < -0.39 is 0 Å². The largest absolute Gasteiger partial charge is 0.456 e. The summed E-state index contributed by atoms with van der Waals surface area (Å²) in [7, 11) is 1.94. The molecule has 0 bridgehead atoms. The Morgan fingerprint density at radius 2 is 1.90 bits per heavy atom. The highest BCUT2D eigenvalue weighted by Crippen LogP contribution is 2.28. The Balaban J connectivity index is 1.91. The second-order valence-electron chi connectivity index (χ2n) is 5.70. The molecule has 2 aromatic rings. The van der Waals surface area contributed by atoms with Crippen LogP contribution in [0.2, 0.25) is 0 Å². The van der Waals surface area contributed by atoms with Crippen molar-refractivity contribution in [3.8, 4) is 0 Å². The van der Waals surface area contributed by atoms with Gasteiger partial charge in [0.15, 0.2) is 11.4 Å². The highest BCUT2D eigenvalue weighted by atomic mass is 19.1. The van der Waals surface area contributed by atoms with E-state index >= 15 is 0 Å².